The molecular weight excluding hydrogens is 308 g/mol. The largest absolute Gasteiger partial charge is 0.480 e. The average Bonchev–Trinajstić information content (AvgIpc) is 2.48. The van der Waals surface area contributed by atoms with Gasteiger partial charge in [-0.2, -0.15) is 4.31 Å². The predicted octanol–water partition coefficient (Wildman–Crippen LogP) is 0.216. The summed E-state index contributed by atoms with van der Waals surface area (Å²) in [7, 11) is -3.71. The lowest BCUT2D eigenvalue weighted by Crippen LogP contribution is -2.52. The molecule has 1 aliphatic rings. The molecule has 2 rings (SSSR count). The van der Waals surface area contributed by atoms with E-state index in [1.165, 1.54) is 6.08 Å². The molecule has 1 amide bonds. The van der Waals surface area contributed by atoms with E-state index in [0.717, 1.165) is 20.2 Å². The first-order valence-electron chi connectivity index (χ1n) is 6.61. The smallest absolute Gasteiger partial charge is 0.323 e. The summed E-state index contributed by atoms with van der Waals surface area (Å²) in [5, 5.41) is 9.74. The molecule has 0 atom stereocenters. The summed E-state index contributed by atoms with van der Waals surface area (Å²) in [5.41, 5.74) is 0.738. The number of nitrogens with zero attached hydrogens (tertiary/aromatic N) is 2. The van der Waals surface area contributed by atoms with Crippen LogP contribution in [0.5, 0.6) is 0 Å². The number of sulfonamides is 1. The third kappa shape index (κ3) is 4.15. The monoisotopic (exact) mass is 324 g/mol. The van der Waals surface area contributed by atoms with Gasteiger partial charge in [-0.3, -0.25) is 9.59 Å². The van der Waals surface area contributed by atoms with Crippen molar-refractivity contribution in [1.29, 1.82) is 0 Å². The van der Waals surface area contributed by atoms with E-state index in [9.17, 15) is 18.0 Å². The first-order chi connectivity index (χ1) is 10.4. The van der Waals surface area contributed by atoms with Gasteiger partial charge in [-0.25, -0.2) is 8.42 Å². The molecule has 8 heteroatoms. The molecule has 1 saturated heterocycles. The number of piperazine rings is 1. The van der Waals surface area contributed by atoms with Crippen LogP contribution in [0, 0.1) is 0 Å². The lowest BCUT2D eigenvalue weighted by Gasteiger charge is -2.31. The van der Waals surface area contributed by atoms with Crippen molar-refractivity contribution >= 4 is 28.0 Å². The number of carboxylic acids is 1. The Bertz CT molecular complexity index is 684. The molecule has 0 aromatic heterocycles. The molecule has 118 valence electrons. The van der Waals surface area contributed by atoms with E-state index in [0.29, 0.717) is 0 Å². The fourth-order valence-electron chi connectivity index (χ4n) is 2.05. The number of carboxylic acid groups (broad SMARTS) is 1. The highest BCUT2D eigenvalue weighted by atomic mass is 32.2. The van der Waals surface area contributed by atoms with Crippen molar-refractivity contribution in [3.05, 3.63) is 41.3 Å². The van der Waals surface area contributed by atoms with Crippen LogP contribution >= 0.6 is 0 Å². The lowest BCUT2D eigenvalue weighted by molar-refractivity contribution is -0.145. The van der Waals surface area contributed by atoms with Crippen molar-refractivity contribution in [2.24, 2.45) is 0 Å². The summed E-state index contributed by atoms with van der Waals surface area (Å²) >= 11 is 0. The second-order valence-corrected chi connectivity index (χ2v) is 6.62. The van der Waals surface area contributed by atoms with Crippen molar-refractivity contribution in [1.82, 2.24) is 9.21 Å². The first-order valence-corrected chi connectivity index (χ1v) is 8.12. The second kappa shape index (κ2) is 6.71. The third-order valence-electron chi connectivity index (χ3n) is 3.20. The fourth-order valence-corrected chi connectivity index (χ4v) is 3.18. The average molecular weight is 324 g/mol. The molecule has 1 aromatic carbocycles. The summed E-state index contributed by atoms with van der Waals surface area (Å²) in [4.78, 5) is 23.5. The predicted molar refractivity (Wildman–Crippen MR) is 80.2 cm³/mol. The molecule has 1 fully saturated rings. The standard InChI is InChI=1S/C14H16N2O5S/c17-13-10-16(8-7-15(13)11-14(18)19)22(20,21)9-6-12-4-2-1-3-5-12/h1-6,9H,7-8,10-11H2,(H,18,19). The molecule has 22 heavy (non-hydrogen) atoms. The van der Waals surface area contributed by atoms with Crippen LogP contribution < -0.4 is 0 Å². The summed E-state index contributed by atoms with van der Waals surface area (Å²) in [6, 6.07) is 8.94. The molecule has 0 unspecified atom stereocenters. The quantitative estimate of drug-likeness (QED) is 0.836. The Morgan fingerprint density at radius 3 is 2.50 bits per heavy atom. The maximum Gasteiger partial charge on any atom is 0.323 e. The Labute approximate surface area is 128 Å². The fraction of sp³-hybridized carbons (Fsp3) is 0.286. The van der Waals surface area contributed by atoms with E-state index in [1.807, 2.05) is 6.07 Å². The molecule has 1 heterocycles. The normalized spacial score (nSPS) is 17.1. The molecule has 1 aromatic rings. The topological polar surface area (TPSA) is 95.0 Å². The molecule has 0 radical (unpaired) electrons. The molecule has 0 spiro atoms. The number of rotatable bonds is 5. The Kier molecular flexibility index (Phi) is 4.94. The van der Waals surface area contributed by atoms with Crippen LogP contribution in [-0.4, -0.2) is 60.8 Å². The molecule has 1 N–H and O–H groups in total. The molecule has 0 saturated carbocycles. The van der Waals surface area contributed by atoms with Gasteiger partial charge in [0.15, 0.2) is 0 Å². The summed E-state index contributed by atoms with van der Waals surface area (Å²) in [6.45, 7) is -0.592. The van der Waals surface area contributed by atoms with Crippen LogP contribution in [0.15, 0.2) is 35.7 Å². The van der Waals surface area contributed by atoms with Gasteiger partial charge in [0.05, 0.1) is 6.54 Å². The van der Waals surface area contributed by atoms with Gasteiger partial charge in [0.1, 0.15) is 6.54 Å². The lowest BCUT2D eigenvalue weighted by atomic mass is 10.2. The molecule has 1 aliphatic heterocycles. The second-order valence-electron chi connectivity index (χ2n) is 4.80. The zero-order chi connectivity index (χ0) is 16.2. The van der Waals surface area contributed by atoms with Gasteiger partial charge in [0.2, 0.25) is 15.9 Å². The van der Waals surface area contributed by atoms with Crippen LogP contribution in [-0.2, 0) is 19.6 Å². The SMILES string of the molecule is O=C(O)CN1CCN(S(=O)(=O)C=Cc2ccccc2)CC1=O. The van der Waals surface area contributed by atoms with Gasteiger partial charge >= 0.3 is 5.97 Å². The van der Waals surface area contributed by atoms with Crippen LogP contribution in [0.25, 0.3) is 6.08 Å². The molecule has 0 aliphatic carbocycles. The minimum absolute atomic E-state index is 0.0730. The number of carbonyl (C=O) groups is 2. The van der Waals surface area contributed by atoms with Gasteiger partial charge in [-0.1, -0.05) is 30.3 Å². The van der Waals surface area contributed by atoms with E-state index in [1.54, 1.807) is 24.3 Å². The Balaban J connectivity index is 2.04. The van der Waals surface area contributed by atoms with Crippen molar-refractivity contribution in [3.8, 4) is 0 Å². The van der Waals surface area contributed by atoms with Crippen LogP contribution in [0.2, 0.25) is 0 Å². The summed E-state index contributed by atoms with van der Waals surface area (Å²) in [6.07, 6.45) is 1.46. The van der Waals surface area contributed by atoms with Crippen LogP contribution in [0.1, 0.15) is 5.56 Å². The number of amides is 1. The van der Waals surface area contributed by atoms with E-state index in [-0.39, 0.29) is 19.6 Å². The zero-order valence-electron chi connectivity index (χ0n) is 11.8. The third-order valence-corrected chi connectivity index (χ3v) is 4.71. The Morgan fingerprint density at radius 2 is 1.91 bits per heavy atom. The molecule has 7 nitrogen and oxygen atoms in total. The number of benzene rings is 1. The maximum atomic E-state index is 12.2. The van der Waals surface area contributed by atoms with Gasteiger partial charge in [-0.05, 0) is 11.6 Å². The van der Waals surface area contributed by atoms with Gasteiger partial charge < -0.3 is 10.0 Å². The minimum Gasteiger partial charge on any atom is -0.480 e. The number of hydrogen-bond acceptors (Lipinski definition) is 4. The van der Waals surface area contributed by atoms with E-state index in [2.05, 4.69) is 0 Å². The van der Waals surface area contributed by atoms with Crippen molar-refractivity contribution < 1.29 is 23.1 Å². The Hall–Kier alpha value is -2.19. The van der Waals surface area contributed by atoms with Gasteiger partial charge in [0, 0.05) is 18.5 Å². The summed E-state index contributed by atoms with van der Waals surface area (Å²) in [5.74, 6) is -1.63. The maximum absolute atomic E-state index is 12.2. The van der Waals surface area contributed by atoms with Crippen LogP contribution in [0.3, 0.4) is 0 Å². The number of carbonyl (C=O) groups excluding carboxylic acids is 1. The van der Waals surface area contributed by atoms with Crippen molar-refractivity contribution in [2.45, 2.75) is 0 Å². The van der Waals surface area contributed by atoms with Gasteiger partial charge in [-0.15, -0.1) is 0 Å². The molecular formula is C14H16N2O5S. The van der Waals surface area contributed by atoms with Crippen LogP contribution in [0.4, 0.5) is 0 Å². The van der Waals surface area contributed by atoms with E-state index >= 15 is 0 Å². The summed E-state index contributed by atoms with van der Waals surface area (Å²) < 4.78 is 25.4. The zero-order valence-corrected chi connectivity index (χ0v) is 12.6. The van der Waals surface area contributed by atoms with Gasteiger partial charge in [0.25, 0.3) is 0 Å². The number of aliphatic carboxylic acids is 1. The van der Waals surface area contributed by atoms with E-state index < -0.39 is 28.4 Å². The Morgan fingerprint density at radius 1 is 1.23 bits per heavy atom. The van der Waals surface area contributed by atoms with Crippen molar-refractivity contribution in [2.75, 3.05) is 26.2 Å². The highest BCUT2D eigenvalue weighted by molar-refractivity contribution is 7.92. The molecule has 0 bridgehead atoms. The van der Waals surface area contributed by atoms with E-state index in [4.69, 9.17) is 5.11 Å². The first kappa shape index (κ1) is 16.2. The van der Waals surface area contributed by atoms with Crippen molar-refractivity contribution in [3.63, 3.8) is 0 Å². The number of hydrogen-bond donors (Lipinski definition) is 1. The highest BCUT2D eigenvalue weighted by Crippen LogP contribution is 2.12. The minimum atomic E-state index is -3.71. The highest BCUT2D eigenvalue weighted by Gasteiger charge is 2.31.